The van der Waals surface area contributed by atoms with Gasteiger partial charge in [-0.2, -0.15) is 5.26 Å². The van der Waals surface area contributed by atoms with Crippen molar-refractivity contribution in [2.45, 2.75) is 26.9 Å². The van der Waals surface area contributed by atoms with Gasteiger partial charge in [0, 0.05) is 30.9 Å². The Morgan fingerprint density at radius 3 is 2.46 bits per heavy atom. The number of benzene rings is 2. The van der Waals surface area contributed by atoms with E-state index in [1.807, 2.05) is 25.1 Å². The van der Waals surface area contributed by atoms with Crippen molar-refractivity contribution < 1.29 is 23.8 Å². The van der Waals surface area contributed by atoms with Gasteiger partial charge >= 0.3 is 0 Å². The second-order valence-electron chi connectivity index (χ2n) is 7.83. The van der Waals surface area contributed by atoms with E-state index < -0.39 is 11.8 Å². The molecule has 0 aromatic heterocycles. The van der Waals surface area contributed by atoms with Crippen LogP contribution in [0.3, 0.4) is 0 Å². The van der Waals surface area contributed by atoms with Gasteiger partial charge < -0.3 is 14.2 Å². The summed E-state index contributed by atoms with van der Waals surface area (Å²) in [6.07, 6.45) is 2.14. The number of rotatable bonds is 10. The standard InChI is InChI=1S/C27H27ClN2O5/c1-4-34-25-15-20(8-11-24(25)35-17-19-6-9-21(28)10-7-19)14-22-18(2)23(16-29)27(32)30(26(22)31)12-5-13-33-3/h6-11,14-15H,4-5,12-13,17H2,1-3H3/b22-14+. The van der Waals surface area contributed by atoms with Gasteiger partial charge in [-0.15, -0.1) is 0 Å². The van der Waals surface area contributed by atoms with Crippen molar-refractivity contribution >= 4 is 29.5 Å². The summed E-state index contributed by atoms with van der Waals surface area (Å²) >= 11 is 5.94. The molecule has 7 nitrogen and oxygen atoms in total. The highest BCUT2D eigenvalue weighted by molar-refractivity contribution is 6.30. The molecule has 2 amide bonds. The average Bonchev–Trinajstić information content (AvgIpc) is 2.85. The van der Waals surface area contributed by atoms with Crippen molar-refractivity contribution in [1.82, 2.24) is 4.90 Å². The topological polar surface area (TPSA) is 88.9 Å². The minimum absolute atomic E-state index is 0.0405. The molecule has 1 heterocycles. The summed E-state index contributed by atoms with van der Waals surface area (Å²) in [5.74, 6) is 0.0577. The molecule has 0 spiro atoms. The molecule has 0 aliphatic carbocycles. The van der Waals surface area contributed by atoms with Gasteiger partial charge in [0.05, 0.1) is 6.61 Å². The van der Waals surface area contributed by atoms with E-state index >= 15 is 0 Å². The predicted molar refractivity (Wildman–Crippen MR) is 133 cm³/mol. The van der Waals surface area contributed by atoms with E-state index in [-0.39, 0.29) is 17.7 Å². The van der Waals surface area contributed by atoms with Crippen LogP contribution in [0.1, 0.15) is 31.4 Å². The van der Waals surface area contributed by atoms with E-state index in [9.17, 15) is 14.9 Å². The van der Waals surface area contributed by atoms with E-state index in [1.165, 1.54) is 0 Å². The van der Waals surface area contributed by atoms with Crippen LogP contribution in [0.2, 0.25) is 5.02 Å². The molecule has 182 valence electrons. The molecule has 35 heavy (non-hydrogen) atoms. The fraction of sp³-hybridized carbons (Fsp3) is 0.296. The first kappa shape index (κ1) is 26.0. The van der Waals surface area contributed by atoms with Crippen LogP contribution in [0, 0.1) is 11.3 Å². The molecule has 0 bridgehead atoms. The zero-order chi connectivity index (χ0) is 25.4. The highest BCUT2D eigenvalue weighted by Gasteiger charge is 2.35. The van der Waals surface area contributed by atoms with E-state index in [4.69, 9.17) is 25.8 Å². The number of nitriles is 1. The first-order valence-corrected chi connectivity index (χ1v) is 11.6. The zero-order valence-electron chi connectivity index (χ0n) is 20.0. The monoisotopic (exact) mass is 494 g/mol. The Morgan fingerprint density at radius 1 is 1.06 bits per heavy atom. The summed E-state index contributed by atoms with van der Waals surface area (Å²) in [5, 5.41) is 10.2. The van der Waals surface area contributed by atoms with Crippen molar-refractivity contribution in [2.24, 2.45) is 0 Å². The number of carbonyl (C=O) groups excluding carboxylic acids is 2. The van der Waals surface area contributed by atoms with Crippen LogP contribution >= 0.6 is 11.6 Å². The van der Waals surface area contributed by atoms with Crippen LogP contribution in [-0.4, -0.2) is 43.6 Å². The second-order valence-corrected chi connectivity index (χ2v) is 8.27. The lowest BCUT2D eigenvalue weighted by Gasteiger charge is -2.27. The molecule has 0 radical (unpaired) electrons. The molecule has 0 saturated carbocycles. The fourth-order valence-electron chi connectivity index (χ4n) is 3.61. The normalized spacial score (nSPS) is 14.9. The molecule has 2 aromatic rings. The molecule has 1 aliphatic heterocycles. The molecule has 2 aromatic carbocycles. The summed E-state index contributed by atoms with van der Waals surface area (Å²) in [4.78, 5) is 26.9. The first-order chi connectivity index (χ1) is 16.9. The Labute approximate surface area is 210 Å². The third-order valence-corrected chi connectivity index (χ3v) is 5.69. The lowest BCUT2D eigenvalue weighted by molar-refractivity contribution is -0.140. The maximum atomic E-state index is 13.2. The van der Waals surface area contributed by atoms with Gasteiger partial charge in [-0.25, -0.2) is 0 Å². The maximum absolute atomic E-state index is 13.2. The molecule has 0 unspecified atom stereocenters. The molecule has 0 saturated heterocycles. The number of hydrogen-bond donors (Lipinski definition) is 0. The molecular formula is C27H27ClN2O5. The predicted octanol–water partition coefficient (Wildman–Crippen LogP) is 4.95. The van der Waals surface area contributed by atoms with Gasteiger partial charge in [-0.1, -0.05) is 29.8 Å². The number of carbonyl (C=O) groups is 2. The van der Waals surface area contributed by atoms with Crippen LogP contribution in [0.25, 0.3) is 6.08 Å². The van der Waals surface area contributed by atoms with Gasteiger partial charge in [0.2, 0.25) is 0 Å². The number of hydrogen-bond acceptors (Lipinski definition) is 6. The number of amides is 2. The van der Waals surface area contributed by atoms with E-state index in [0.29, 0.717) is 53.9 Å². The minimum Gasteiger partial charge on any atom is -0.490 e. The summed E-state index contributed by atoms with van der Waals surface area (Å²) in [6.45, 7) is 4.81. The number of ether oxygens (including phenoxy) is 3. The molecule has 0 fully saturated rings. The largest absolute Gasteiger partial charge is 0.490 e. The first-order valence-electron chi connectivity index (χ1n) is 11.2. The smallest absolute Gasteiger partial charge is 0.271 e. The van der Waals surface area contributed by atoms with Crippen molar-refractivity contribution in [2.75, 3.05) is 26.9 Å². The third-order valence-electron chi connectivity index (χ3n) is 5.44. The summed E-state index contributed by atoms with van der Waals surface area (Å²) in [6, 6.07) is 14.7. The highest BCUT2D eigenvalue weighted by Crippen LogP contribution is 2.32. The van der Waals surface area contributed by atoms with Crippen molar-refractivity contribution in [3.8, 4) is 17.6 Å². The quantitative estimate of drug-likeness (QED) is 0.264. The Kier molecular flexibility index (Phi) is 9.07. The second kappa shape index (κ2) is 12.2. The molecule has 1 aliphatic rings. The van der Waals surface area contributed by atoms with Crippen LogP contribution in [-0.2, 0) is 20.9 Å². The summed E-state index contributed by atoms with van der Waals surface area (Å²) in [7, 11) is 1.55. The van der Waals surface area contributed by atoms with E-state index in [2.05, 4.69) is 0 Å². The summed E-state index contributed by atoms with van der Waals surface area (Å²) < 4.78 is 16.7. The zero-order valence-corrected chi connectivity index (χ0v) is 20.7. The molecule has 3 rings (SSSR count). The van der Waals surface area contributed by atoms with Gasteiger partial charge in [0.1, 0.15) is 18.2 Å². The highest BCUT2D eigenvalue weighted by atomic mass is 35.5. The van der Waals surface area contributed by atoms with Crippen LogP contribution in [0.5, 0.6) is 11.5 Å². The Bertz CT molecular complexity index is 1200. The van der Waals surface area contributed by atoms with Gasteiger partial charge in [0.25, 0.3) is 11.8 Å². The van der Waals surface area contributed by atoms with Gasteiger partial charge in [0.15, 0.2) is 11.5 Å². The SMILES string of the molecule is CCOc1cc(/C=C2/C(=O)N(CCCOC)C(=O)C(C#N)=C2C)ccc1OCc1ccc(Cl)cc1. The van der Waals surface area contributed by atoms with Crippen molar-refractivity contribution in [1.29, 1.82) is 5.26 Å². The van der Waals surface area contributed by atoms with Crippen molar-refractivity contribution in [3.05, 3.63) is 75.3 Å². The van der Waals surface area contributed by atoms with Crippen LogP contribution < -0.4 is 9.47 Å². The number of halogens is 1. The fourth-order valence-corrected chi connectivity index (χ4v) is 3.74. The van der Waals surface area contributed by atoms with Crippen LogP contribution in [0.4, 0.5) is 0 Å². The molecule has 0 atom stereocenters. The van der Waals surface area contributed by atoms with Crippen LogP contribution in [0.15, 0.2) is 59.2 Å². The van der Waals surface area contributed by atoms with E-state index in [1.54, 1.807) is 50.4 Å². The summed E-state index contributed by atoms with van der Waals surface area (Å²) in [5.41, 5.74) is 2.24. The number of imide groups is 1. The van der Waals surface area contributed by atoms with Crippen molar-refractivity contribution in [3.63, 3.8) is 0 Å². The third kappa shape index (κ3) is 6.30. The number of nitrogens with zero attached hydrogens (tertiary/aromatic N) is 2. The maximum Gasteiger partial charge on any atom is 0.271 e. The number of methoxy groups -OCH3 is 1. The Balaban J connectivity index is 1.90. The lowest BCUT2D eigenvalue weighted by atomic mass is 9.93. The van der Waals surface area contributed by atoms with Gasteiger partial charge in [-0.3, -0.25) is 14.5 Å². The average molecular weight is 495 g/mol. The van der Waals surface area contributed by atoms with Gasteiger partial charge in [-0.05, 0) is 67.3 Å². The minimum atomic E-state index is -0.579. The lowest BCUT2D eigenvalue weighted by Crippen LogP contribution is -2.43. The van der Waals surface area contributed by atoms with E-state index in [0.717, 1.165) is 10.5 Å². The Hall–Kier alpha value is -3.60. The molecule has 8 heteroatoms. The molecule has 0 N–H and O–H groups in total. The molecular weight excluding hydrogens is 468 g/mol. The Morgan fingerprint density at radius 2 is 1.80 bits per heavy atom.